The van der Waals surface area contributed by atoms with E-state index in [4.69, 9.17) is 22.1 Å². The number of nitrogens with two attached hydrogens (primary N) is 1. The van der Waals surface area contributed by atoms with Crippen molar-refractivity contribution < 1.29 is 4.74 Å². The summed E-state index contributed by atoms with van der Waals surface area (Å²) in [5.41, 5.74) is 6.43. The molecule has 0 aliphatic rings. The van der Waals surface area contributed by atoms with Crippen molar-refractivity contribution in [1.82, 2.24) is 0 Å². The summed E-state index contributed by atoms with van der Waals surface area (Å²) in [4.78, 5) is 0. The van der Waals surface area contributed by atoms with Crippen molar-refractivity contribution in [2.75, 3.05) is 13.7 Å². The normalized spacial score (nSPS) is 12.6. The second kappa shape index (κ2) is 4.74. The molecule has 2 N–H and O–H groups in total. The molecule has 72 valence electrons. The average molecular weight is 218 g/mol. The number of methoxy groups -OCH3 is 1. The Morgan fingerprint density at radius 3 is 2.85 bits per heavy atom. The van der Waals surface area contributed by atoms with E-state index in [0.717, 1.165) is 11.3 Å². The summed E-state index contributed by atoms with van der Waals surface area (Å²) in [5, 5.41) is 0.636. The van der Waals surface area contributed by atoms with Gasteiger partial charge in [-0.05, 0) is 18.2 Å². The first-order chi connectivity index (χ1) is 6.19. The first-order valence-corrected chi connectivity index (χ1v) is 4.80. The molecule has 1 rings (SSSR count). The molecule has 0 radical (unpaired) electrons. The van der Waals surface area contributed by atoms with Gasteiger partial charge in [-0.25, -0.2) is 0 Å². The smallest absolute Gasteiger partial charge is 0.123 e. The molecule has 1 unspecified atom stereocenters. The van der Waals surface area contributed by atoms with E-state index in [0.29, 0.717) is 11.6 Å². The van der Waals surface area contributed by atoms with Crippen molar-refractivity contribution >= 4 is 24.2 Å². The summed E-state index contributed by atoms with van der Waals surface area (Å²) in [6, 6.07) is 5.42. The zero-order valence-corrected chi connectivity index (χ0v) is 8.98. The number of ether oxygens (including phenoxy) is 1. The highest BCUT2D eigenvalue weighted by Gasteiger charge is 2.10. The molecule has 0 heterocycles. The Morgan fingerprint density at radius 1 is 1.62 bits per heavy atom. The van der Waals surface area contributed by atoms with Crippen LogP contribution in [0.3, 0.4) is 0 Å². The molecule has 1 aromatic carbocycles. The summed E-state index contributed by atoms with van der Waals surface area (Å²) < 4.78 is 5.16. The number of halogens is 1. The third-order valence-corrected chi connectivity index (χ3v) is 2.50. The Morgan fingerprint density at radius 2 is 2.31 bits per heavy atom. The van der Waals surface area contributed by atoms with Gasteiger partial charge >= 0.3 is 0 Å². The lowest BCUT2D eigenvalue weighted by Gasteiger charge is -2.13. The Hall–Kier alpha value is -0.380. The molecule has 0 aliphatic heterocycles. The van der Waals surface area contributed by atoms with Gasteiger partial charge in [0.2, 0.25) is 0 Å². The highest BCUT2D eigenvalue weighted by Crippen LogP contribution is 2.30. The maximum Gasteiger partial charge on any atom is 0.123 e. The zero-order chi connectivity index (χ0) is 9.84. The summed E-state index contributed by atoms with van der Waals surface area (Å²) >= 11 is 10.2. The number of rotatable bonds is 3. The van der Waals surface area contributed by atoms with E-state index < -0.39 is 0 Å². The Kier molecular flexibility index (Phi) is 3.90. The summed E-state index contributed by atoms with van der Waals surface area (Å²) in [7, 11) is 1.61. The van der Waals surface area contributed by atoms with Gasteiger partial charge in [-0.3, -0.25) is 0 Å². The fourth-order valence-corrected chi connectivity index (χ4v) is 1.47. The van der Waals surface area contributed by atoms with Crippen LogP contribution in [-0.4, -0.2) is 13.7 Å². The molecule has 1 aromatic rings. The fourth-order valence-electron chi connectivity index (χ4n) is 1.09. The maximum atomic E-state index is 5.84. The minimum absolute atomic E-state index is 0.0337. The van der Waals surface area contributed by atoms with Gasteiger partial charge in [-0.1, -0.05) is 11.6 Å². The van der Waals surface area contributed by atoms with Gasteiger partial charge in [-0.15, -0.1) is 0 Å². The third kappa shape index (κ3) is 2.53. The third-order valence-electron chi connectivity index (χ3n) is 1.77. The van der Waals surface area contributed by atoms with E-state index in [9.17, 15) is 0 Å². The first-order valence-electron chi connectivity index (χ1n) is 3.90. The SMILES string of the molecule is COc1ccc(Cl)cc1C(S)CN. The summed E-state index contributed by atoms with van der Waals surface area (Å²) in [6.45, 7) is 0.458. The number of hydrogen-bond donors (Lipinski definition) is 2. The van der Waals surface area contributed by atoms with Gasteiger partial charge in [0.25, 0.3) is 0 Å². The molecule has 0 bridgehead atoms. The molecule has 0 aromatic heterocycles. The van der Waals surface area contributed by atoms with Gasteiger partial charge in [0.1, 0.15) is 5.75 Å². The molecule has 1 atom stereocenters. The lowest BCUT2D eigenvalue weighted by molar-refractivity contribution is 0.409. The highest BCUT2D eigenvalue weighted by atomic mass is 35.5. The van der Waals surface area contributed by atoms with E-state index in [-0.39, 0.29) is 5.25 Å². The predicted molar refractivity (Wildman–Crippen MR) is 58.8 cm³/mol. The molecule has 2 nitrogen and oxygen atoms in total. The second-order valence-corrected chi connectivity index (χ2v) is 3.70. The van der Waals surface area contributed by atoms with E-state index >= 15 is 0 Å². The Bertz CT molecular complexity index is 293. The zero-order valence-electron chi connectivity index (χ0n) is 7.33. The average Bonchev–Trinajstić information content (AvgIpc) is 2.16. The van der Waals surface area contributed by atoms with Crippen LogP contribution in [0.5, 0.6) is 5.75 Å². The molecule has 0 fully saturated rings. The highest BCUT2D eigenvalue weighted by molar-refractivity contribution is 7.80. The van der Waals surface area contributed by atoms with Gasteiger partial charge in [0.15, 0.2) is 0 Å². The van der Waals surface area contributed by atoms with E-state index in [1.165, 1.54) is 0 Å². The van der Waals surface area contributed by atoms with Crippen molar-refractivity contribution in [3.63, 3.8) is 0 Å². The van der Waals surface area contributed by atoms with Crippen LogP contribution in [0.1, 0.15) is 10.8 Å². The van der Waals surface area contributed by atoms with Crippen molar-refractivity contribution in [2.24, 2.45) is 5.73 Å². The van der Waals surface area contributed by atoms with Crippen molar-refractivity contribution in [3.05, 3.63) is 28.8 Å². The number of thiol groups is 1. The number of benzene rings is 1. The fraction of sp³-hybridized carbons (Fsp3) is 0.333. The minimum Gasteiger partial charge on any atom is -0.496 e. The van der Waals surface area contributed by atoms with E-state index in [2.05, 4.69) is 12.6 Å². The molecule has 13 heavy (non-hydrogen) atoms. The molecule has 0 saturated heterocycles. The van der Waals surface area contributed by atoms with Gasteiger partial charge in [0, 0.05) is 22.4 Å². The first kappa shape index (κ1) is 10.7. The van der Waals surface area contributed by atoms with E-state index in [1.54, 1.807) is 13.2 Å². The van der Waals surface area contributed by atoms with Crippen LogP contribution >= 0.6 is 24.2 Å². The van der Waals surface area contributed by atoms with Crippen molar-refractivity contribution in [1.29, 1.82) is 0 Å². The topological polar surface area (TPSA) is 35.2 Å². The van der Waals surface area contributed by atoms with Gasteiger partial charge < -0.3 is 10.5 Å². The van der Waals surface area contributed by atoms with Gasteiger partial charge in [-0.2, -0.15) is 12.6 Å². The number of hydrogen-bond acceptors (Lipinski definition) is 3. The van der Waals surface area contributed by atoms with Crippen LogP contribution in [0, 0.1) is 0 Å². The molecule has 0 spiro atoms. The molecular formula is C9H12ClNOS. The van der Waals surface area contributed by atoms with Crippen LogP contribution in [0.25, 0.3) is 0 Å². The largest absolute Gasteiger partial charge is 0.496 e. The van der Waals surface area contributed by atoms with Crippen molar-refractivity contribution in [3.8, 4) is 5.75 Å². The predicted octanol–water partition coefficient (Wildman–Crippen LogP) is 2.28. The maximum absolute atomic E-state index is 5.84. The van der Waals surface area contributed by atoms with Crippen LogP contribution < -0.4 is 10.5 Å². The summed E-state index contributed by atoms with van der Waals surface area (Å²) in [6.07, 6.45) is 0. The summed E-state index contributed by atoms with van der Waals surface area (Å²) in [5.74, 6) is 0.773. The molecule has 0 amide bonds. The minimum atomic E-state index is -0.0337. The molecule has 0 aliphatic carbocycles. The Balaban J connectivity index is 3.07. The quantitative estimate of drug-likeness (QED) is 0.762. The van der Waals surface area contributed by atoms with Crippen molar-refractivity contribution in [2.45, 2.75) is 5.25 Å². The Labute approximate surface area is 88.4 Å². The lowest BCUT2D eigenvalue weighted by Crippen LogP contribution is -2.08. The van der Waals surface area contributed by atoms with Crippen LogP contribution in [-0.2, 0) is 0 Å². The monoisotopic (exact) mass is 217 g/mol. The van der Waals surface area contributed by atoms with E-state index in [1.807, 2.05) is 12.1 Å². The van der Waals surface area contributed by atoms with Gasteiger partial charge in [0.05, 0.1) is 7.11 Å². The standard InChI is InChI=1S/C9H12ClNOS/c1-12-8-3-2-6(10)4-7(8)9(13)5-11/h2-4,9,13H,5,11H2,1H3. The van der Waals surface area contributed by atoms with Crippen LogP contribution in [0.4, 0.5) is 0 Å². The molecule has 4 heteroatoms. The second-order valence-electron chi connectivity index (χ2n) is 2.64. The molecule has 0 saturated carbocycles. The molecular weight excluding hydrogens is 206 g/mol. The lowest BCUT2D eigenvalue weighted by atomic mass is 10.1. The van der Waals surface area contributed by atoms with Crippen LogP contribution in [0.15, 0.2) is 18.2 Å². The van der Waals surface area contributed by atoms with Crippen LogP contribution in [0.2, 0.25) is 5.02 Å².